The van der Waals surface area contributed by atoms with E-state index in [9.17, 15) is 9.59 Å². The van der Waals surface area contributed by atoms with E-state index < -0.39 is 0 Å². The molecule has 4 aromatic rings. The van der Waals surface area contributed by atoms with Crippen LogP contribution in [0.5, 0.6) is 0 Å². The van der Waals surface area contributed by atoms with Crippen LogP contribution in [-0.2, 0) is 6.54 Å². The van der Waals surface area contributed by atoms with E-state index in [1.54, 1.807) is 15.5 Å². The summed E-state index contributed by atoms with van der Waals surface area (Å²) in [7, 11) is 0. The zero-order valence-corrected chi connectivity index (χ0v) is 18.2. The smallest absolute Gasteiger partial charge is 0.320 e. The highest BCUT2D eigenvalue weighted by molar-refractivity contribution is 6.31. The first-order valence-electron chi connectivity index (χ1n) is 10.5. The standard InChI is InChI=1S/C24H23ClN4O2/c1-15(2)16-7-9-18(10-8-16)28-22-21(23(30)29(24(28)31)19-11-12-19)27(14-26-22)13-17-5-3-4-6-20(17)25/h3-10,14-15,19H,11-13H2,1-2H3. The third kappa shape index (κ3) is 3.41. The Morgan fingerprint density at radius 1 is 1.06 bits per heavy atom. The Kier molecular flexibility index (Phi) is 4.82. The number of rotatable bonds is 5. The normalized spacial score (nSPS) is 13.9. The molecule has 0 aliphatic heterocycles. The van der Waals surface area contributed by atoms with Crippen LogP contribution in [0.4, 0.5) is 0 Å². The van der Waals surface area contributed by atoms with Gasteiger partial charge in [0.15, 0.2) is 11.2 Å². The topological polar surface area (TPSA) is 61.8 Å². The summed E-state index contributed by atoms with van der Waals surface area (Å²) in [5.74, 6) is 0.390. The van der Waals surface area contributed by atoms with Crippen molar-refractivity contribution < 1.29 is 0 Å². The molecule has 0 radical (unpaired) electrons. The van der Waals surface area contributed by atoms with E-state index in [1.807, 2.05) is 48.5 Å². The van der Waals surface area contributed by atoms with E-state index in [-0.39, 0.29) is 17.3 Å². The summed E-state index contributed by atoms with van der Waals surface area (Å²) in [6.45, 7) is 4.66. The van der Waals surface area contributed by atoms with Gasteiger partial charge in [-0.1, -0.05) is 55.8 Å². The molecule has 1 aliphatic rings. The number of halogens is 1. The lowest BCUT2D eigenvalue weighted by molar-refractivity contribution is 0.639. The van der Waals surface area contributed by atoms with Crippen LogP contribution in [0.25, 0.3) is 16.9 Å². The number of imidazole rings is 1. The van der Waals surface area contributed by atoms with Crippen molar-refractivity contribution in [3.63, 3.8) is 0 Å². The van der Waals surface area contributed by atoms with E-state index in [1.165, 1.54) is 10.1 Å². The lowest BCUT2D eigenvalue weighted by Crippen LogP contribution is -2.39. The predicted molar refractivity (Wildman–Crippen MR) is 123 cm³/mol. The molecular weight excluding hydrogens is 412 g/mol. The minimum atomic E-state index is -0.333. The summed E-state index contributed by atoms with van der Waals surface area (Å²) < 4.78 is 4.74. The molecule has 158 valence electrons. The Hall–Kier alpha value is -3.12. The van der Waals surface area contributed by atoms with E-state index in [4.69, 9.17) is 11.6 Å². The van der Waals surface area contributed by atoms with Crippen LogP contribution in [0.3, 0.4) is 0 Å². The van der Waals surface area contributed by atoms with Crippen LogP contribution in [0.2, 0.25) is 5.02 Å². The van der Waals surface area contributed by atoms with Gasteiger partial charge in [0.05, 0.1) is 18.6 Å². The highest BCUT2D eigenvalue weighted by Gasteiger charge is 2.30. The van der Waals surface area contributed by atoms with Crippen molar-refractivity contribution >= 4 is 22.8 Å². The largest absolute Gasteiger partial charge is 0.337 e. The fourth-order valence-corrected chi connectivity index (χ4v) is 4.17. The highest BCUT2D eigenvalue weighted by Crippen LogP contribution is 2.33. The molecule has 0 bridgehead atoms. The number of aromatic nitrogens is 4. The van der Waals surface area contributed by atoms with E-state index >= 15 is 0 Å². The molecule has 2 aromatic carbocycles. The molecule has 6 nitrogen and oxygen atoms in total. The fraction of sp³-hybridized carbons (Fsp3) is 0.292. The molecule has 0 unspecified atom stereocenters. The summed E-state index contributed by atoms with van der Waals surface area (Å²) in [4.78, 5) is 31.2. The van der Waals surface area contributed by atoms with Gasteiger partial charge in [0, 0.05) is 11.1 Å². The third-order valence-electron chi connectivity index (χ3n) is 5.88. The average Bonchev–Trinajstić information content (AvgIpc) is 3.50. The summed E-state index contributed by atoms with van der Waals surface area (Å²) in [5, 5.41) is 0.629. The molecule has 1 saturated carbocycles. The molecule has 0 spiro atoms. The van der Waals surface area contributed by atoms with Crippen molar-refractivity contribution in [2.24, 2.45) is 0 Å². The highest BCUT2D eigenvalue weighted by atomic mass is 35.5. The molecule has 5 rings (SSSR count). The SMILES string of the molecule is CC(C)c1ccc(-n2c(=O)n(C3CC3)c(=O)c3c2ncn3Cc2ccccc2Cl)cc1. The summed E-state index contributed by atoms with van der Waals surface area (Å²) in [6.07, 6.45) is 3.29. The fourth-order valence-electron chi connectivity index (χ4n) is 3.98. The van der Waals surface area contributed by atoms with Crippen LogP contribution in [0.1, 0.15) is 49.8 Å². The minimum absolute atomic E-state index is 0.0470. The first kappa shape index (κ1) is 19.8. The Morgan fingerprint density at radius 2 is 1.77 bits per heavy atom. The minimum Gasteiger partial charge on any atom is -0.320 e. The van der Waals surface area contributed by atoms with Gasteiger partial charge in [-0.15, -0.1) is 0 Å². The molecule has 31 heavy (non-hydrogen) atoms. The average molecular weight is 435 g/mol. The Morgan fingerprint density at radius 3 is 2.42 bits per heavy atom. The van der Waals surface area contributed by atoms with Crippen molar-refractivity contribution in [1.29, 1.82) is 0 Å². The number of benzene rings is 2. The van der Waals surface area contributed by atoms with Crippen molar-refractivity contribution in [1.82, 2.24) is 18.7 Å². The number of hydrogen-bond donors (Lipinski definition) is 0. The Labute approximate surface area is 184 Å². The second-order valence-corrected chi connectivity index (χ2v) is 8.81. The van der Waals surface area contributed by atoms with Crippen LogP contribution in [0.15, 0.2) is 64.4 Å². The van der Waals surface area contributed by atoms with Crippen molar-refractivity contribution in [3.05, 3.63) is 91.8 Å². The van der Waals surface area contributed by atoms with Gasteiger partial charge in [0.1, 0.15) is 0 Å². The maximum absolute atomic E-state index is 13.4. The van der Waals surface area contributed by atoms with Gasteiger partial charge in [-0.25, -0.2) is 14.3 Å². The first-order valence-corrected chi connectivity index (χ1v) is 10.9. The number of hydrogen-bond acceptors (Lipinski definition) is 3. The van der Waals surface area contributed by atoms with Gasteiger partial charge < -0.3 is 4.57 Å². The van der Waals surface area contributed by atoms with Crippen LogP contribution in [0, 0.1) is 0 Å². The lowest BCUT2D eigenvalue weighted by Gasteiger charge is -2.13. The van der Waals surface area contributed by atoms with Gasteiger partial charge in [0.25, 0.3) is 5.56 Å². The maximum Gasteiger partial charge on any atom is 0.337 e. The molecule has 0 saturated heterocycles. The zero-order chi connectivity index (χ0) is 21.7. The number of fused-ring (bicyclic) bond motifs is 1. The maximum atomic E-state index is 13.4. The monoisotopic (exact) mass is 434 g/mol. The van der Waals surface area contributed by atoms with Gasteiger partial charge in [0.2, 0.25) is 0 Å². The van der Waals surface area contributed by atoms with E-state index in [2.05, 4.69) is 18.8 Å². The second kappa shape index (κ2) is 7.54. The Balaban J connectivity index is 1.74. The molecule has 0 amide bonds. The Bertz CT molecular complexity index is 1390. The van der Waals surface area contributed by atoms with E-state index in [0.29, 0.717) is 34.3 Å². The summed E-state index contributed by atoms with van der Waals surface area (Å²) in [6, 6.07) is 15.4. The predicted octanol–water partition coefficient (Wildman–Crippen LogP) is 4.51. The van der Waals surface area contributed by atoms with Crippen molar-refractivity contribution in [2.45, 2.75) is 45.2 Å². The quantitative estimate of drug-likeness (QED) is 0.464. The van der Waals surface area contributed by atoms with Crippen LogP contribution < -0.4 is 11.2 Å². The summed E-state index contributed by atoms with van der Waals surface area (Å²) >= 11 is 6.34. The van der Waals surface area contributed by atoms with E-state index in [0.717, 1.165) is 18.4 Å². The van der Waals surface area contributed by atoms with Gasteiger partial charge in [-0.2, -0.15) is 0 Å². The van der Waals surface area contributed by atoms with Crippen molar-refractivity contribution in [3.8, 4) is 5.69 Å². The summed E-state index contributed by atoms with van der Waals surface area (Å²) in [5.41, 5.74) is 2.95. The zero-order valence-electron chi connectivity index (χ0n) is 17.5. The first-order chi connectivity index (χ1) is 15.0. The van der Waals surface area contributed by atoms with Gasteiger partial charge >= 0.3 is 5.69 Å². The van der Waals surface area contributed by atoms with Gasteiger partial charge in [-0.3, -0.25) is 9.36 Å². The van der Waals surface area contributed by atoms with Crippen LogP contribution in [-0.4, -0.2) is 18.7 Å². The van der Waals surface area contributed by atoms with Crippen molar-refractivity contribution in [2.75, 3.05) is 0 Å². The number of nitrogens with zero attached hydrogens (tertiary/aromatic N) is 4. The molecule has 1 fully saturated rings. The molecule has 2 aromatic heterocycles. The second-order valence-electron chi connectivity index (χ2n) is 8.41. The molecule has 0 atom stereocenters. The third-order valence-corrected chi connectivity index (χ3v) is 6.25. The molecule has 2 heterocycles. The molecule has 0 N–H and O–H groups in total. The van der Waals surface area contributed by atoms with Gasteiger partial charge in [-0.05, 0) is 48.1 Å². The van der Waals surface area contributed by atoms with Crippen LogP contribution >= 0.6 is 11.6 Å². The molecular formula is C24H23ClN4O2. The molecule has 1 aliphatic carbocycles. The lowest BCUT2D eigenvalue weighted by atomic mass is 10.0. The molecule has 7 heteroatoms.